The lowest BCUT2D eigenvalue weighted by molar-refractivity contribution is -0.126. The van der Waals surface area contributed by atoms with Gasteiger partial charge in [0.15, 0.2) is 0 Å². The van der Waals surface area contributed by atoms with Gasteiger partial charge in [-0.25, -0.2) is 0 Å². The van der Waals surface area contributed by atoms with Crippen molar-refractivity contribution in [2.45, 2.75) is 31.7 Å². The van der Waals surface area contributed by atoms with Crippen molar-refractivity contribution >= 4 is 5.91 Å². The molecular weight excluding hydrogens is 204 g/mol. The molecular formula is C12H18N2O2. The van der Waals surface area contributed by atoms with Crippen LogP contribution in [0, 0.1) is 0 Å². The minimum Gasteiger partial charge on any atom is -0.469 e. The van der Waals surface area contributed by atoms with Crippen molar-refractivity contribution in [3.8, 4) is 0 Å². The van der Waals surface area contributed by atoms with E-state index < -0.39 is 0 Å². The maximum Gasteiger partial charge on any atom is 0.240 e. The number of amides is 1. The fourth-order valence-corrected chi connectivity index (χ4v) is 2.04. The highest BCUT2D eigenvalue weighted by Gasteiger charge is 2.35. The average molecular weight is 222 g/mol. The van der Waals surface area contributed by atoms with Crippen LogP contribution in [0.5, 0.6) is 0 Å². The van der Waals surface area contributed by atoms with Crippen molar-refractivity contribution in [3.05, 3.63) is 24.2 Å². The van der Waals surface area contributed by atoms with Gasteiger partial charge in [-0.1, -0.05) is 0 Å². The zero-order chi connectivity index (χ0) is 11.4. The summed E-state index contributed by atoms with van der Waals surface area (Å²) < 4.78 is 5.20. The summed E-state index contributed by atoms with van der Waals surface area (Å²) in [7, 11) is 0. The number of rotatable bonds is 4. The molecule has 1 atom stereocenters. The molecule has 1 aromatic heterocycles. The molecule has 16 heavy (non-hydrogen) atoms. The normalized spacial score (nSPS) is 24.6. The molecule has 1 aliphatic heterocycles. The molecule has 1 aromatic rings. The Morgan fingerprint density at radius 2 is 2.56 bits per heavy atom. The molecule has 4 heteroatoms. The van der Waals surface area contributed by atoms with Crippen LogP contribution >= 0.6 is 0 Å². The second-order valence-corrected chi connectivity index (χ2v) is 4.45. The van der Waals surface area contributed by atoms with Crippen LogP contribution in [0.2, 0.25) is 0 Å². The lowest BCUT2D eigenvalue weighted by Crippen LogP contribution is -2.51. The topological polar surface area (TPSA) is 54.3 Å². The van der Waals surface area contributed by atoms with Crippen molar-refractivity contribution in [2.75, 3.05) is 13.1 Å². The first-order valence-electron chi connectivity index (χ1n) is 5.76. The lowest BCUT2D eigenvalue weighted by Gasteiger charge is -2.22. The Labute approximate surface area is 95.4 Å². The second kappa shape index (κ2) is 4.70. The largest absolute Gasteiger partial charge is 0.469 e. The summed E-state index contributed by atoms with van der Waals surface area (Å²) in [5, 5.41) is 6.18. The Balaban J connectivity index is 1.75. The molecule has 4 nitrogen and oxygen atoms in total. The van der Waals surface area contributed by atoms with Crippen LogP contribution in [-0.4, -0.2) is 24.5 Å². The fourth-order valence-electron chi connectivity index (χ4n) is 2.04. The van der Waals surface area contributed by atoms with E-state index in [0.717, 1.165) is 31.6 Å². The Hall–Kier alpha value is -1.29. The van der Waals surface area contributed by atoms with Crippen molar-refractivity contribution in [1.82, 2.24) is 10.6 Å². The van der Waals surface area contributed by atoms with Gasteiger partial charge in [0.2, 0.25) is 5.91 Å². The van der Waals surface area contributed by atoms with E-state index in [1.165, 1.54) is 0 Å². The van der Waals surface area contributed by atoms with Crippen LogP contribution < -0.4 is 10.6 Å². The van der Waals surface area contributed by atoms with E-state index in [2.05, 4.69) is 10.6 Å². The molecule has 2 rings (SSSR count). The predicted octanol–water partition coefficient (Wildman–Crippen LogP) is 1.08. The Morgan fingerprint density at radius 1 is 1.69 bits per heavy atom. The van der Waals surface area contributed by atoms with Gasteiger partial charge in [0.1, 0.15) is 5.76 Å². The maximum absolute atomic E-state index is 11.9. The third-order valence-electron chi connectivity index (χ3n) is 3.11. The average Bonchev–Trinajstić information content (AvgIpc) is 2.90. The number of hydrogen-bond donors (Lipinski definition) is 2. The SMILES string of the molecule is CC1(C(=O)NCCc2ccco2)CCCN1. The summed E-state index contributed by atoms with van der Waals surface area (Å²) in [6.07, 6.45) is 4.38. The van der Waals surface area contributed by atoms with Gasteiger partial charge in [-0.3, -0.25) is 4.79 Å². The van der Waals surface area contributed by atoms with Crippen molar-refractivity contribution in [1.29, 1.82) is 0 Å². The molecule has 0 aliphatic carbocycles. The molecule has 1 fully saturated rings. The molecule has 1 saturated heterocycles. The van der Waals surface area contributed by atoms with Gasteiger partial charge in [0.25, 0.3) is 0 Å². The zero-order valence-corrected chi connectivity index (χ0v) is 9.58. The quantitative estimate of drug-likeness (QED) is 0.801. The summed E-state index contributed by atoms with van der Waals surface area (Å²) in [4.78, 5) is 11.9. The standard InChI is InChI=1S/C12H18N2O2/c1-12(6-3-7-14-12)11(15)13-8-5-10-4-2-9-16-10/h2,4,9,14H,3,5-8H2,1H3,(H,13,15). The molecule has 0 radical (unpaired) electrons. The maximum atomic E-state index is 11.9. The highest BCUT2D eigenvalue weighted by molar-refractivity contribution is 5.86. The predicted molar refractivity (Wildman–Crippen MR) is 61.1 cm³/mol. The summed E-state index contributed by atoms with van der Waals surface area (Å²) in [5.41, 5.74) is -0.372. The summed E-state index contributed by atoms with van der Waals surface area (Å²) in [5.74, 6) is 1.00. The molecule has 1 amide bonds. The third-order valence-corrected chi connectivity index (χ3v) is 3.11. The van der Waals surface area contributed by atoms with Crippen LogP contribution in [0.4, 0.5) is 0 Å². The van der Waals surface area contributed by atoms with Crippen LogP contribution in [-0.2, 0) is 11.2 Å². The van der Waals surface area contributed by atoms with E-state index in [0.29, 0.717) is 6.54 Å². The zero-order valence-electron chi connectivity index (χ0n) is 9.58. The minimum atomic E-state index is -0.372. The van der Waals surface area contributed by atoms with Crippen LogP contribution in [0.1, 0.15) is 25.5 Å². The van der Waals surface area contributed by atoms with Crippen molar-refractivity contribution in [2.24, 2.45) is 0 Å². The van der Waals surface area contributed by atoms with Gasteiger partial charge in [-0.05, 0) is 38.4 Å². The monoisotopic (exact) mass is 222 g/mol. The third kappa shape index (κ3) is 2.44. The number of carbonyl (C=O) groups is 1. The first-order valence-corrected chi connectivity index (χ1v) is 5.76. The number of hydrogen-bond acceptors (Lipinski definition) is 3. The molecule has 0 aromatic carbocycles. The molecule has 2 N–H and O–H groups in total. The van der Waals surface area contributed by atoms with Crippen LogP contribution in [0.25, 0.3) is 0 Å². The van der Waals surface area contributed by atoms with E-state index >= 15 is 0 Å². The Kier molecular flexibility index (Phi) is 3.29. The van der Waals surface area contributed by atoms with Crippen molar-refractivity contribution < 1.29 is 9.21 Å². The molecule has 0 spiro atoms. The number of carbonyl (C=O) groups excluding carboxylic acids is 1. The molecule has 2 heterocycles. The fraction of sp³-hybridized carbons (Fsp3) is 0.583. The lowest BCUT2D eigenvalue weighted by atomic mass is 9.99. The first kappa shape index (κ1) is 11.2. The van der Waals surface area contributed by atoms with Gasteiger partial charge < -0.3 is 15.1 Å². The van der Waals surface area contributed by atoms with E-state index in [-0.39, 0.29) is 11.4 Å². The van der Waals surface area contributed by atoms with Gasteiger partial charge >= 0.3 is 0 Å². The van der Waals surface area contributed by atoms with E-state index in [4.69, 9.17) is 4.42 Å². The van der Waals surface area contributed by atoms with Gasteiger partial charge in [-0.15, -0.1) is 0 Å². The summed E-state index contributed by atoms with van der Waals surface area (Å²) >= 11 is 0. The summed E-state index contributed by atoms with van der Waals surface area (Å²) in [6.45, 7) is 3.52. The van der Waals surface area contributed by atoms with Gasteiger partial charge in [-0.2, -0.15) is 0 Å². The molecule has 0 bridgehead atoms. The minimum absolute atomic E-state index is 0.0940. The first-order chi connectivity index (χ1) is 7.71. The highest BCUT2D eigenvalue weighted by atomic mass is 16.3. The molecule has 88 valence electrons. The van der Waals surface area contributed by atoms with Crippen LogP contribution in [0.15, 0.2) is 22.8 Å². The molecule has 1 aliphatic rings. The smallest absolute Gasteiger partial charge is 0.240 e. The molecule has 1 unspecified atom stereocenters. The Bertz CT molecular complexity index is 340. The number of nitrogens with one attached hydrogen (secondary N) is 2. The van der Waals surface area contributed by atoms with E-state index in [9.17, 15) is 4.79 Å². The van der Waals surface area contributed by atoms with Crippen LogP contribution in [0.3, 0.4) is 0 Å². The van der Waals surface area contributed by atoms with Crippen molar-refractivity contribution in [3.63, 3.8) is 0 Å². The van der Waals surface area contributed by atoms with E-state index in [1.54, 1.807) is 6.26 Å². The van der Waals surface area contributed by atoms with Gasteiger partial charge in [0.05, 0.1) is 11.8 Å². The number of furan rings is 1. The van der Waals surface area contributed by atoms with Gasteiger partial charge in [0, 0.05) is 13.0 Å². The Morgan fingerprint density at radius 3 is 3.19 bits per heavy atom. The molecule has 0 saturated carbocycles. The van der Waals surface area contributed by atoms with E-state index in [1.807, 2.05) is 19.1 Å². The second-order valence-electron chi connectivity index (χ2n) is 4.45. The highest BCUT2D eigenvalue weighted by Crippen LogP contribution is 2.18. The summed E-state index contributed by atoms with van der Waals surface area (Å²) in [6, 6.07) is 3.78.